The lowest BCUT2D eigenvalue weighted by Crippen LogP contribution is -2.51. The minimum Gasteiger partial charge on any atom is -0.497 e. The molecule has 0 radical (unpaired) electrons. The Morgan fingerprint density at radius 2 is 1.29 bits per heavy atom. The predicted octanol–water partition coefficient (Wildman–Crippen LogP) is 8.26. The number of H-pyrrole nitrogens is 2. The number of carbonyl (C=O) groups excluding carboxylic acids is 4. The molecule has 356 valence electrons. The van der Waals surface area contributed by atoms with Crippen LogP contribution in [0.5, 0.6) is 11.5 Å². The molecule has 0 bridgehead atoms. The molecule has 18 heteroatoms. The van der Waals surface area contributed by atoms with E-state index in [0.717, 1.165) is 40.6 Å². The SMILES string of the molecule is COC(=O)N[C@H](C(=O)N1CCC[C@H]1c1ncc(-c2cc(F)c3c(c2)OC(c2ccc(OC)cc2)n2c-3cc3cc(-c4cnc([C@@H]5CCCN5C(=O)[C@@H](NC(=O)OC)C(C)C)[nH]4)ccc32)[nH]1)C(C)C. The van der Waals surface area contributed by atoms with Gasteiger partial charge in [0.25, 0.3) is 0 Å². The third-order valence-corrected chi connectivity index (χ3v) is 13.3. The zero-order valence-electron chi connectivity index (χ0n) is 39.1. The molecule has 4 amide bonds. The molecule has 4 N–H and O–H groups in total. The molecule has 3 aliphatic rings. The molecule has 68 heavy (non-hydrogen) atoms. The molecule has 5 atom stereocenters. The highest BCUT2D eigenvalue weighted by molar-refractivity contribution is 5.93. The number of imidazole rings is 2. The van der Waals surface area contributed by atoms with Gasteiger partial charge in [-0.1, -0.05) is 33.8 Å². The van der Waals surface area contributed by atoms with Crippen molar-refractivity contribution < 1.29 is 42.5 Å². The third kappa shape index (κ3) is 8.47. The second-order valence-corrected chi connectivity index (χ2v) is 18.2. The van der Waals surface area contributed by atoms with E-state index in [0.29, 0.717) is 71.6 Å². The number of aromatic amines is 2. The monoisotopic (exact) mass is 929 g/mol. The van der Waals surface area contributed by atoms with Crippen molar-refractivity contribution in [3.05, 3.63) is 96.1 Å². The number of alkyl carbamates (subject to hydrolysis) is 2. The summed E-state index contributed by atoms with van der Waals surface area (Å²) in [5.74, 6) is 0.978. The molecule has 2 fully saturated rings. The van der Waals surface area contributed by atoms with Gasteiger partial charge in [-0.2, -0.15) is 0 Å². The van der Waals surface area contributed by atoms with Crippen molar-refractivity contribution in [1.82, 2.24) is 44.9 Å². The third-order valence-electron chi connectivity index (χ3n) is 13.3. The molecule has 2 saturated heterocycles. The zero-order chi connectivity index (χ0) is 48.0. The number of aromatic nitrogens is 5. The number of fused-ring (bicyclic) bond motifs is 5. The zero-order valence-corrected chi connectivity index (χ0v) is 39.1. The van der Waals surface area contributed by atoms with Gasteiger partial charge in [0.2, 0.25) is 18.0 Å². The van der Waals surface area contributed by atoms with Crippen molar-refractivity contribution in [1.29, 1.82) is 0 Å². The van der Waals surface area contributed by atoms with E-state index in [9.17, 15) is 19.2 Å². The molecular formula is C50H56FN9O8. The van der Waals surface area contributed by atoms with Gasteiger partial charge in [0.05, 0.1) is 74.0 Å². The van der Waals surface area contributed by atoms with E-state index in [1.165, 1.54) is 20.3 Å². The fraction of sp³-hybridized carbons (Fsp3) is 0.400. The van der Waals surface area contributed by atoms with E-state index in [1.807, 2.05) is 86.9 Å². The Labute approximate surface area is 392 Å². The van der Waals surface area contributed by atoms with Crippen LogP contribution in [-0.4, -0.2) is 105 Å². The van der Waals surface area contributed by atoms with Crippen molar-refractivity contribution in [2.75, 3.05) is 34.4 Å². The smallest absolute Gasteiger partial charge is 0.407 e. The molecule has 17 nitrogen and oxygen atoms in total. The van der Waals surface area contributed by atoms with Gasteiger partial charge in [0, 0.05) is 35.2 Å². The van der Waals surface area contributed by atoms with E-state index in [2.05, 4.69) is 25.6 Å². The average Bonchev–Trinajstić information content (AvgIpc) is 4.20. The standard InChI is InChI=1S/C50H56FN9O8/c1-26(2)42(56-49(63)66-6)46(61)58-18-8-10-37(58)44-52-24-34(54-44)29-14-17-36-31(20-29)22-39-41-33(51)21-30(23-40(41)68-48(60(36)39)28-12-15-32(65-5)16-13-28)35-25-53-45(55-35)38-11-9-19-59(38)47(62)43(27(3)4)57-50(64)67-7/h12-17,20-27,37-38,42-43,48H,8-11,18-19H2,1-7H3,(H,52,54)(H,53,55)(H,56,63)(H,57,64)/t37-,38-,42-,43-,48?/m0/s1. The number of hydrogen-bond donors (Lipinski definition) is 4. The number of nitrogens with one attached hydrogen (secondary N) is 4. The predicted molar refractivity (Wildman–Crippen MR) is 250 cm³/mol. The Bertz CT molecular complexity index is 2870. The van der Waals surface area contributed by atoms with E-state index in [1.54, 1.807) is 29.3 Å². The van der Waals surface area contributed by atoms with Crippen molar-refractivity contribution in [3.8, 4) is 45.3 Å². The van der Waals surface area contributed by atoms with Crippen LogP contribution < -0.4 is 20.1 Å². The number of nitrogens with zero attached hydrogens (tertiary/aromatic N) is 5. The molecule has 0 spiro atoms. The molecule has 3 aliphatic heterocycles. The summed E-state index contributed by atoms with van der Waals surface area (Å²) in [6.45, 7) is 8.52. The highest BCUT2D eigenvalue weighted by Crippen LogP contribution is 2.48. The summed E-state index contributed by atoms with van der Waals surface area (Å²) in [7, 11) is 4.14. The first-order valence-corrected chi connectivity index (χ1v) is 23.0. The summed E-state index contributed by atoms with van der Waals surface area (Å²) in [6.07, 6.45) is 4.30. The molecule has 0 saturated carbocycles. The fourth-order valence-electron chi connectivity index (χ4n) is 9.78. The number of amides is 4. The molecule has 1 unspecified atom stereocenters. The fourth-order valence-corrected chi connectivity index (χ4v) is 9.78. The number of methoxy groups -OCH3 is 3. The van der Waals surface area contributed by atoms with Gasteiger partial charge in [-0.05, 0) is 92.1 Å². The van der Waals surface area contributed by atoms with Crippen LogP contribution >= 0.6 is 0 Å². The maximum atomic E-state index is 16.9. The Hall–Kier alpha value is -7.37. The highest BCUT2D eigenvalue weighted by Gasteiger charge is 2.40. The van der Waals surface area contributed by atoms with E-state index >= 15 is 4.39 Å². The summed E-state index contributed by atoms with van der Waals surface area (Å²) < 4.78 is 40.7. The van der Waals surface area contributed by atoms with Crippen molar-refractivity contribution in [2.45, 2.75) is 83.8 Å². The van der Waals surface area contributed by atoms with Crippen LogP contribution in [0, 0.1) is 17.7 Å². The maximum Gasteiger partial charge on any atom is 0.407 e. The molecule has 9 rings (SSSR count). The second-order valence-electron chi connectivity index (χ2n) is 18.2. The average molecular weight is 930 g/mol. The van der Waals surface area contributed by atoms with Crippen LogP contribution in [0.25, 0.3) is 44.7 Å². The summed E-state index contributed by atoms with van der Waals surface area (Å²) in [5, 5.41) is 6.22. The van der Waals surface area contributed by atoms with Crippen LogP contribution in [0.3, 0.4) is 0 Å². The molecular weight excluding hydrogens is 874 g/mol. The molecule has 6 aromatic rings. The summed E-state index contributed by atoms with van der Waals surface area (Å²) in [4.78, 5) is 71.6. The number of ether oxygens (including phenoxy) is 4. The Balaban J connectivity index is 1.03. The van der Waals surface area contributed by atoms with Crippen LogP contribution in [-0.2, 0) is 19.1 Å². The Morgan fingerprint density at radius 1 is 0.735 bits per heavy atom. The summed E-state index contributed by atoms with van der Waals surface area (Å²) >= 11 is 0. The summed E-state index contributed by atoms with van der Waals surface area (Å²) in [6, 6.07) is 16.6. The number of hydrogen-bond acceptors (Lipinski definition) is 10. The van der Waals surface area contributed by atoms with E-state index in [4.69, 9.17) is 23.9 Å². The van der Waals surface area contributed by atoms with Gasteiger partial charge in [-0.3, -0.25) is 9.59 Å². The quantitative estimate of drug-likeness (QED) is 0.0927. The van der Waals surface area contributed by atoms with Gasteiger partial charge < -0.3 is 53.9 Å². The lowest BCUT2D eigenvalue weighted by molar-refractivity contribution is -0.136. The van der Waals surface area contributed by atoms with Crippen LogP contribution in [0.4, 0.5) is 14.0 Å². The normalized spacial score (nSPS) is 18.5. The number of likely N-dealkylation sites (tertiary alicyclic amines) is 2. The van der Waals surface area contributed by atoms with Gasteiger partial charge in [0.1, 0.15) is 41.0 Å². The number of halogens is 1. The van der Waals surface area contributed by atoms with E-state index in [-0.39, 0.29) is 35.7 Å². The van der Waals surface area contributed by atoms with Crippen LogP contribution in [0.1, 0.15) is 88.9 Å². The molecule has 3 aromatic carbocycles. The minimum atomic E-state index is -0.780. The Morgan fingerprint density at radius 3 is 1.82 bits per heavy atom. The van der Waals surface area contributed by atoms with Crippen molar-refractivity contribution in [3.63, 3.8) is 0 Å². The number of carbonyl (C=O) groups is 4. The first-order valence-electron chi connectivity index (χ1n) is 23.0. The van der Waals surface area contributed by atoms with Crippen LogP contribution in [0.2, 0.25) is 0 Å². The van der Waals surface area contributed by atoms with Crippen molar-refractivity contribution in [2.24, 2.45) is 11.8 Å². The van der Waals surface area contributed by atoms with Gasteiger partial charge in [-0.15, -0.1) is 0 Å². The van der Waals surface area contributed by atoms with Gasteiger partial charge in [0.15, 0.2) is 0 Å². The van der Waals surface area contributed by atoms with Crippen molar-refractivity contribution >= 4 is 34.9 Å². The second kappa shape index (κ2) is 18.7. The van der Waals surface area contributed by atoms with E-state index < -0.39 is 36.3 Å². The van der Waals surface area contributed by atoms with Gasteiger partial charge in [-0.25, -0.2) is 23.9 Å². The van der Waals surface area contributed by atoms with Crippen LogP contribution in [0.15, 0.2) is 73.1 Å². The lowest BCUT2D eigenvalue weighted by atomic mass is 10.0. The lowest BCUT2D eigenvalue weighted by Gasteiger charge is -2.31. The largest absolute Gasteiger partial charge is 0.497 e. The number of benzene rings is 3. The first-order chi connectivity index (χ1) is 32.8. The van der Waals surface area contributed by atoms with Gasteiger partial charge >= 0.3 is 12.2 Å². The summed E-state index contributed by atoms with van der Waals surface area (Å²) in [5.41, 5.74) is 5.22. The highest BCUT2D eigenvalue weighted by atomic mass is 19.1. The minimum absolute atomic E-state index is 0.159. The molecule has 0 aliphatic carbocycles. The number of rotatable bonds is 12. The maximum absolute atomic E-state index is 16.9. The Kier molecular flexibility index (Phi) is 12.6. The topological polar surface area (TPSA) is 198 Å². The molecule has 6 heterocycles. The first kappa shape index (κ1) is 45.8. The molecule has 3 aromatic heterocycles.